The predicted molar refractivity (Wildman–Crippen MR) is 144 cm³/mol. The summed E-state index contributed by atoms with van der Waals surface area (Å²) >= 11 is 1.34. The minimum absolute atomic E-state index is 0.0586. The Labute approximate surface area is 224 Å². The van der Waals surface area contributed by atoms with Crippen molar-refractivity contribution in [2.24, 2.45) is 11.0 Å². The Morgan fingerprint density at radius 2 is 1.71 bits per heavy atom. The third kappa shape index (κ3) is 8.70. The topological polar surface area (TPSA) is 170 Å². The Morgan fingerprint density at radius 1 is 1.00 bits per heavy atom. The van der Waals surface area contributed by atoms with E-state index in [1.807, 2.05) is 31.2 Å². The monoisotopic (exact) mass is 540 g/mol. The molecule has 1 aliphatic heterocycles. The highest BCUT2D eigenvalue weighted by atomic mass is 32.2. The molecule has 1 atom stereocenters. The van der Waals surface area contributed by atoms with Gasteiger partial charge in [0.2, 0.25) is 17.7 Å². The van der Waals surface area contributed by atoms with Crippen LogP contribution in [0, 0.1) is 5.92 Å². The first-order valence-electron chi connectivity index (χ1n) is 12.6. The molecule has 2 aromatic rings. The average Bonchev–Trinajstić information content (AvgIpc) is 3.67. The number of rotatable bonds is 13. The van der Waals surface area contributed by atoms with Crippen molar-refractivity contribution in [2.45, 2.75) is 74.5 Å². The van der Waals surface area contributed by atoms with Crippen molar-refractivity contribution in [2.75, 3.05) is 16.0 Å². The Morgan fingerprint density at radius 3 is 2.37 bits per heavy atom. The lowest BCUT2D eigenvalue weighted by Crippen LogP contribution is -2.29. The molecule has 1 aromatic heterocycles. The number of carbonyl (C=O) groups is 3. The van der Waals surface area contributed by atoms with Crippen molar-refractivity contribution in [1.82, 2.24) is 20.9 Å². The van der Waals surface area contributed by atoms with E-state index in [1.165, 1.54) is 11.8 Å². The predicted octanol–water partition coefficient (Wildman–Crippen LogP) is 3.48. The maximum atomic E-state index is 12.5. The second kappa shape index (κ2) is 13.2. The number of aromatic nitrogens is 2. The largest absolute Gasteiger partial charge is 0.348 e. The van der Waals surface area contributed by atoms with E-state index in [0.717, 1.165) is 35.6 Å². The van der Waals surface area contributed by atoms with Gasteiger partial charge in [0.15, 0.2) is 5.16 Å². The number of anilines is 3. The molecule has 1 fully saturated rings. The van der Waals surface area contributed by atoms with E-state index in [1.54, 1.807) is 11.5 Å². The zero-order chi connectivity index (χ0) is 26.9. The highest BCUT2D eigenvalue weighted by Gasteiger charge is 2.29. The first kappa shape index (κ1) is 27.3. The molecule has 4 rings (SSSR count). The summed E-state index contributed by atoms with van der Waals surface area (Å²) < 4.78 is 0. The maximum absolute atomic E-state index is 12.5. The van der Waals surface area contributed by atoms with Gasteiger partial charge in [-0.1, -0.05) is 6.42 Å². The number of hydrogen-bond acceptors (Lipinski definition) is 10. The van der Waals surface area contributed by atoms with Gasteiger partial charge in [-0.25, -0.2) is 15.4 Å². The van der Waals surface area contributed by atoms with Crippen molar-refractivity contribution >= 4 is 52.5 Å². The number of benzene rings is 1. The van der Waals surface area contributed by atoms with Crippen LogP contribution in [0.1, 0.15) is 58.3 Å². The second-order valence-corrected chi connectivity index (χ2v) is 10.4. The van der Waals surface area contributed by atoms with E-state index in [-0.39, 0.29) is 36.7 Å². The molecule has 13 heteroatoms. The minimum Gasteiger partial charge on any atom is -0.348 e. The van der Waals surface area contributed by atoms with E-state index in [4.69, 9.17) is 5.21 Å². The lowest BCUT2D eigenvalue weighted by atomic mass is 10.1. The van der Waals surface area contributed by atoms with Gasteiger partial charge in [0.05, 0.1) is 0 Å². The highest BCUT2D eigenvalue weighted by Crippen LogP contribution is 2.31. The Balaban J connectivity index is 1.37. The minimum atomic E-state index is -0.435. The van der Waals surface area contributed by atoms with Crippen LogP contribution in [-0.4, -0.2) is 44.8 Å². The van der Waals surface area contributed by atoms with Crippen molar-refractivity contribution in [3.63, 3.8) is 0 Å². The Hall–Kier alpha value is -3.71. The van der Waals surface area contributed by atoms with Gasteiger partial charge in [0, 0.05) is 47.5 Å². The van der Waals surface area contributed by atoms with Gasteiger partial charge in [-0.15, -0.1) is 0 Å². The number of carbonyl (C=O) groups excluding carboxylic acids is 3. The average molecular weight is 541 g/mol. The van der Waals surface area contributed by atoms with Gasteiger partial charge in [-0.05, 0) is 68.6 Å². The molecular weight excluding hydrogens is 508 g/mol. The third-order valence-electron chi connectivity index (χ3n) is 5.92. The van der Waals surface area contributed by atoms with E-state index in [0.29, 0.717) is 36.1 Å². The van der Waals surface area contributed by atoms with E-state index < -0.39 is 5.91 Å². The first-order chi connectivity index (χ1) is 18.4. The molecule has 0 bridgehead atoms. The molecule has 1 saturated carbocycles. The summed E-state index contributed by atoms with van der Waals surface area (Å²) in [5.41, 5.74) is 6.34. The first-order valence-corrected chi connectivity index (χ1v) is 13.5. The van der Waals surface area contributed by atoms with E-state index >= 15 is 0 Å². The fraction of sp³-hybridized carbons (Fsp3) is 0.440. The lowest BCUT2D eigenvalue weighted by molar-refractivity contribution is -0.129. The summed E-state index contributed by atoms with van der Waals surface area (Å²) in [6, 6.07) is 9.16. The summed E-state index contributed by atoms with van der Waals surface area (Å²) in [4.78, 5) is 45.6. The number of hydrazone groups is 1. The summed E-state index contributed by atoms with van der Waals surface area (Å²) in [5, 5.41) is 22.2. The van der Waals surface area contributed by atoms with Crippen molar-refractivity contribution in [3.8, 4) is 0 Å². The van der Waals surface area contributed by atoms with Crippen LogP contribution in [0.25, 0.3) is 0 Å². The molecule has 0 saturated heterocycles. The Bertz CT molecular complexity index is 1190. The summed E-state index contributed by atoms with van der Waals surface area (Å²) in [6.07, 6.45) is 4.87. The fourth-order valence-corrected chi connectivity index (χ4v) is 4.53. The van der Waals surface area contributed by atoms with Crippen molar-refractivity contribution in [3.05, 3.63) is 30.3 Å². The van der Waals surface area contributed by atoms with Crippen molar-refractivity contribution in [1.29, 1.82) is 0 Å². The van der Waals surface area contributed by atoms with Crippen LogP contribution in [0.3, 0.4) is 0 Å². The molecule has 2 aliphatic rings. The van der Waals surface area contributed by atoms with Crippen molar-refractivity contribution < 1.29 is 19.6 Å². The number of hydroxylamine groups is 1. The van der Waals surface area contributed by atoms with Crippen LogP contribution in [0.4, 0.5) is 17.3 Å². The molecule has 12 nitrogen and oxygen atoms in total. The van der Waals surface area contributed by atoms with Gasteiger partial charge in [-0.3, -0.25) is 25.0 Å². The number of hydrogen-bond donors (Lipinski definition) is 6. The fourth-order valence-electron chi connectivity index (χ4n) is 3.76. The molecule has 202 valence electrons. The molecule has 1 aromatic carbocycles. The lowest BCUT2D eigenvalue weighted by Gasteiger charge is -2.15. The summed E-state index contributed by atoms with van der Waals surface area (Å²) in [7, 11) is 0. The smallest absolute Gasteiger partial charge is 0.243 e. The van der Waals surface area contributed by atoms with Gasteiger partial charge in [0.1, 0.15) is 17.8 Å². The standard InChI is InChI=1S/C25H32N8O4S/c1-15-13-21(32-31-15)27-19-14-20(28-22(34)5-3-2-4-6-23(35)33-37)30-25(29-19)38-18-11-9-17(10-12-18)26-24(36)16-7-8-16/h9-12,14,16,21,32,37H,2-8,13H2,1H3,(H,26,36)(H,33,35)(H2,27,28,29,30,34). The second-order valence-electron chi connectivity index (χ2n) is 9.33. The number of nitrogens with one attached hydrogen (secondary N) is 5. The van der Waals surface area contributed by atoms with Gasteiger partial charge >= 0.3 is 0 Å². The van der Waals surface area contributed by atoms with E-state index in [2.05, 4.69) is 36.4 Å². The molecule has 6 N–H and O–H groups in total. The quantitative estimate of drug-likeness (QED) is 0.0963. The molecule has 1 unspecified atom stereocenters. The van der Waals surface area contributed by atoms with Crippen LogP contribution in [-0.2, 0) is 14.4 Å². The molecular formula is C25H32N8O4S. The summed E-state index contributed by atoms with van der Waals surface area (Å²) in [6.45, 7) is 1.94. The number of amides is 3. The molecule has 38 heavy (non-hydrogen) atoms. The zero-order valence-electron chi connectivity index (χ0n) is 21.1. The Kier molecular flexibility index (Phi) is 9.49. The maximum Gasteiger partial charge on any atom is 0.243 e. The summed E-state index contributed by atoms with van der Waals surface area (Å²) in [5.74, 6) is 0.490. The SMILES string of the molecule is CC1=NNC(Nc2cc(NC(=O)CCCCCC(=O)NO)nc(Sc3ccc(NC(=O)C4CC4)cc3)n2)C1. The number of unbranched alkanes of at least 4 members (excludes halogenated alkanes) is 2. The van der Waals surface area contributed by atoms with Gasteiger partial charge in [-0.2, -0.15) is 5.10 Å². The van der Waals surface area contributed by atoms with Crippen LogP contribution < -0.4 is 26.9 Å². The third-order valence-corrected chi connectivity index (χ3v) is 6.79. The van der Waals surface area contributed by atoms with Crippen LogP contribution in [0.15, 0.2) is 45.5 Å². The van der Waals surface area contributed by atoms with Gasteiger partial charge < -0.3 is 16.0 Å². The van der Waals surface area contributed by atoms with Gasteiger partial charge in [0.25, 0.3) is 0 Å². The van der Waals surface area contributed by atoms with E-state index in [9.17, 15) is 14.4 Å². The number of nitrogens with zero attached hydrogens (tertiary/aromatic N) is 3. The molecule has 1 aliphatic carbocycles. The zero-order valence-corrected chi connectivity index (χ0v) is 21.9. The molecule has 2 heterocycles. The molecule has 0 radical (unpaired) electrons. The van der Waals surface area contributed by atoms with Crippen LogP contribution in [0.5, 0.6) is 0 Å². The molecule has 0 spiro atoms. The van der Waals surface area contributed by atoms with Crippen LogP contribution in [0.2, 0.25) is 0 Å². The molecule has 3 amide bonds. The highest BCUT2D eigenvalue weighted by molar-refractivity contribution is 7.99. The normalized spacial score (nSPS) is 16.3. The van der Waals surface area contributed by atoms with Crippen LogP contribution >= 0.6 is 11.8 Å².